The van der Waals surface area contributed by atoms with Crippen molar-refractivity contribution in [3.8, 4) is 0 Å². The molecule has 0 N–H and O–H groups in total. The van der Waals surface area contributed by atoms with Crippen molar-refractivity contribution in [2.45, 2.75) is 45.4 Å². The van der Waals surface area contributed by atoms with Gasteiger partial charge in [-0.15, -0.1) is 0 Å². The second-order valence-corrected chi connectivity index (χ2v) is 7.87. The summed E-state index contributed by atoms with van der Waals surface area (Å²) in [6, 6.07) is 0. The summed E-state index contributed by atoms with van der Waals surface area (Å²) in [6.07, 6.45) is 6.05. The van der Waals surface area contributed by atoms with Crippen LogP contribution in [-0.4, -0.2) is 25.7 Å². The van der Waals surface area contributed by atoms with E-state index >= 15 is 0 Å². The van der Waals surface area contributed by atoms with Crippen molar-refractivity contribution in [1.29, 1.82) is 0 Å². The maximum Gasteiger partial charge on any atom is 0.151 e. The van der Waals surface area contributed by atoms with E-state index in [1.807, 2.05) is 0 Å². The second-order valence-electron chi connectivity index (χ2n) is 5.64. The topological polar surface area (TPSA) is 51.2 Å². The molecule has 2 rings (SSSR count). The van der Waals surface area contributed by atoms with E-state index in [1.54, 1.807) is 0 Å². The molecule has 2 aliphatic rings. The van der Waals surface area contributed by atoms with Crippen LogP contribution in [0.3, 0.4) is 0 Å². The van der Waals surface area contributed by atoms with E-state index < -0.39 is 9.84 Å². The van der Waals surface area contributed by atoms with Gasteiger partial charge in [-0.3, -0.25) is 4.79 Å². The standard InChI is InChI=1S/C13H22O3S/c1-2-10-4-3-5-11(8-10)13(14)12-6-7-17(15,16)9-12/h10-12H,2-9H2,1H3. The van der Waals surface area contributed by atoms with Crippen molar-refractivity contribution in [1.82, 2.24) is 0 Å². The van der Waals surface area contributed by atoms with Crippen LogP contribution in [0.2, 0.25) is 0 Å². The summed E-state index contributed by atoms with van der Waals surface area (Å²) in [6.45, 7) is 2.18. The Kier molecular flexibility index (Phi) is 3.91. The monoisotopic (exact) mass is 258 g/mol. The molecule has 98 valence electrons. The molecule has 1 aliphatic heterocycles. The first-order chi connectivity index (χ1) is 8.02. The molecule has 0 aromatic carbocycles. The summed E-state index contributed by atoms with van der Waals surface area (Å²) >= 11 is 0. The Balaban J connectivity index is 1.96. The number of Topliss-reactive ketones (excluding diaryl/α,β-unsaturated/α-hetero) is 1. The Morgan fingerprint density at radius 3 is 2.53 bits per heavy atom. The maximum absolute atomic E-state index is 12.3. The van der Waals surface area contributed by atoms with E-state index in [9.17, 15) is 13.2 Å². The molecule has 2 fully saturated rings. The third-order valence-electron chi connectivity index (χ3n) is 4.40. The lowest BCUT2D eigenvalue weighted by molar-refractivity contribution is -0.127. The Hall–Kier alpha value is -0.380. The largest absolute Gasteiger partial charge is 0.299 e. The summed E-state index contributed by atoms with van der Waals surface area (Å²) < 4.78 is 22.8. The lowest BCUT2D eigenvalue weighted by Gasteiger charge is -2.28. The summed E-state index contributed by atoms with van der Waals surface area (Å²) in [5.74, 6) is 1.19. The van der Waals surface area contributed by atoms with Gasteiger partial charge in [0.1, 0.15) is 5.78 Å². The van der Waals surface area contributed by atoms with E-state index in [0.29, 0.717) is 12.3 Å². The van der Waals surface area contributed by atoms with Crippen LogP contribution in [0, 0.1) is 17.8 Å². The quantitative estimate of drug-likeness (QED) is 0.780. The van der Waals surface area contributed by atoms with E-state index in [0.717, 1.165) is 25.7 Å². The van der Waals surface area contributed by atoms with Gasteiger partial charge in [-0.25, -0.2) is 8.42 Å². The van der Waals surface area contributed by atoms with Crippen LogP contribution in [0.4, 0.5) is 0 Å². The van der Waals surface area contributed by atoms with Crippen molar-refractivity contribution in [3.05, 3.63) is 0 Å². The minimum atomic E-state index is -2.92. The van der Waals surface area contributed by atoms with E-state index in [-0.39, 0.29) is 29.1 Å². The average Bonchev–Trinajstić information content (AvgIpc) is 2.69. The highest BCUT2D eigenvalue weighted by atomic mass is 32.2. The maximum atomic E-state index is 12.3. The molecule has 1 saturated carbocycles. The van der Waals surface area contributed by atoms with Crippen LogP contribution in [0.25, 0.3) is 0 Å². The van der Waals surface area contributed by atoms with Crippen LogP contribution < -0.4 is 0 Å². The number of ketones is 1. The van der Waals surface area contributed by atoms with Crippen molar-refractivity contribution >= 4 is 15.6 Å². The van der Waals surface area contributed by atoms with Gasteiger partial charge in [-0.2, -0.15) is 0 Å². The summed E-state index contributed by atoms with van der Waals surface area (Å²) in [4.78, 5) is 12.3. The van der Waals surface area contributed by atoms with Gasteiger partial charge < -0.3 is 0 Å². The van der Waals surface area contributed by atoms with Crippen molar-refractivity contribution in [3.63, 3.8) is 0 Å². The Labute approximate surface area is 104 Å². The molecule has 0 aromatic rings. The van der Waals surface area contributed by atoms with Crippen LogP contribution in [-0.2, 0) is 14.6 Å². The van der Waals surface area contributed by atoms with Gasteiger partial charge in [0.15, 0.2) is 9.84 Å². The molecule has 3 atom stereocenters. The third kappa shape index (κ3) is 3.09. The lowest BCUT2D eigenvalue weighted by atomic mass is 9.75. The highest BCUT2D eigenvalue weighted by Gasteiger charge is 2.37. The second kappa shape index (κ2) is 5.09. The van der Waals surface area contributed by atoms with Gasteiger partial charge in [0.05, 0.1) is 11.5 Å². The van der Waals surface area contributed by atoms with Crippen molar-refractivity contribution in [2.75, 3.05) is 11.5 Å². The predicted molar refractivity (Wildman–Crippen MR) is 67.5 cm³/mol. The van der Waals surface area contributed by atoms with Gasteiger partial charge in [0, 0.05) is 11.8 Å². The Morgan fingerprint density at radius 2 is 1.94 bits per heavy atom. The molecule has 1 aliphatic carbocycles. The summed E-state index contributed by atoms with van der Waals surface area (Å²) in [5, 5.41) is 0. The molecular formula is C13H22O3S. The molecular weight excluding hydrogens is 236 g/mol. The first-order valence-corrected chi connectivity index (χ1v) is 8.58. The smallest absolute Gasteiger partial charge is 0.151 e. The van der Waals surface area contributed by atoms with E-state index in [4.69, 9.17) is 0 Å². The van der Waals surface area contributed by atoms with Crippen LogP contribution in [0.5, 0.6) is 0 Å². The molecule has 1 saturated heterocycles. The van der Waals surface area contributed by atoms with Crippen LogP contribution in [0.1, 0.15) is 45.4 Å². The Morgan fingerprint density at radius 1 is 1.18 bits per heavy atom. The van der Waals surface area contributed by atoms with E-state index in [2.05, 4.69) is 6.92 Å². The fourth-order valence-corrected chi connectivity index (χ4v) is 5.03. The van der Waals surface area contributed by atoms with Crippen molar-refractivity contribution in [2.24, 2.45) is 17.8 Å². The highest BCUT2D eigenvalue weighted by Crippen LogP contribution is 2.34. The fourth-order valence-electron chi connectivity index (χ4n) is 3.27. The zero-order chi connectivity index (χ0) is 12.5. The normalized spacial score (nSPS) is 36.9. The predicted octanol–water partition coefficient (Wildman–Crippen LogP) is 2.21. The van der Waals surface area contributed by atoms with Crippen LogP contribution in [0.15, 0.2) is 0 Å². The molecule has 0 spiro atoms. The molecule has 3 unspecified atom stereocenters. The highest BCUT2D eigenvalue weighted by molar-refractivity contribution is 7.91. The zero-order valence-corrected chi connectivity index (χ0v) is 11.3. The lowest BCUT2D eigenvalue weighted by Crippen LogP contribution is -2.29. The number of carbonyl (C=O) groups is 1. The number of carbonyl (C=O) groups excluding carboxylic acids is 1. The molecule has 4 heteroatoms. The van der Waals surface area contributed by atoms with Gasteiger partial charge in [0.2, 0.25) is 0 Å². The average molecular weight is 258 g/mol. The molecule has 0 bridgehead atoms. The van der Waals surface area contributed by atoms with Crippen molar-refractivity contribution < 1.29 is 13.2 Å². The molecule has 17 heavy (non-hydrogen) atoms. The van der Waals surface area contributed by atoms with E-state index in [1.165, 1.54) is 6.42 Å². The molecule has 0 amide bonds. The number of rotatable bonds is 3. The van der Waals surface area contributed by atoms with Gasteiger partial charge >= 0.3 is 0 Å². The SMILES string of the molecule is CCC1CCCC(C(=O)C2CCS(=O)(=O)C2)C1. The fraction of sp³-hybridized carbons (Fsp3) is 0.923. The first-order valence-electron chi connectivity index (χ1n) is 6.76. The molecule has 0 radical (unpaired) electrons. The minimum absolute atomic E-state index is 0.110. The number of hydrogen-bond acceptors (Lipinski definition) is 3. The summed E-state index contributed by atoms with van der Waals surface area (Å²) in [7, 11) is -2.92. The zero-order valence-electron chi connectivity index (χ0n) is 10.5. The third-order valence-corrected chi connectivity index (χ3v) is 6.17. The molecule has 0 aromatic heterocycles. The van der Waals surface area contributed by atoms with Gasteiger partial charge in [-0.1, -0.05) is 26.2 Å². The summed E-state index contributed by atoms with van der Waals surface area (Å²) in [5.41, 5.74) is 0. The minimum Gasteiger partial charge on any atom is -0.299 e. The van der Waals surface area contributed by atoms with Gasteiger partial charge in [0.25, 0.3) is 0 Å². The Bertz CT molecular complexity index is 385. The van der Waals surface area contributed by atoms with Crippen LogP contribution >= 0.6 is 0 Å². The first kappa shape index (κ1) is 13.1. The number of hydrogen-bond donors (Lipinski definition) is 0. The molecule has 3 nitrogen and oxygen atoms in total. The van der Waals surface area contributed by atoms with Gasteiger partial charge in [-0.05, 0) is 25.2 Å². The molecule has 1 heterocycles. The number of sulfone groups is 1.